The Hall–Kier alpha value is -2.90. The molecule has 6 nitrogen and oxygen atoms in total. The van der Waals surface area contributed by atoms with Crippen LogP contribution in [0.3, 0.4) is 0 Å². The molecule has 0 radical (unpaired) electrons. The van der Waals surface area contributed by atoms with E-state index in [-0.39, 0.29) is 11.7 Å². The van der Waals surface area contributed by atoms with E-state index in [1.54, 1.807) is 6.07 Å². The van der Waals surface area contributed by atoms with Crippen LogP contribution >= 0.6 is 0 Å². The van der Waals surface area contributed by atoms with E-state index in [0.717, 1.165) is 57.0 Å². The lowest BCUT2D eigenvalue weighted by Crippen LogP contribution is -2.37. The van der Waals surface area contributed by atoms with Crippen LogP contribution in [0.25, 0.3) is 11.1 Å². The Morgan fingerprint density at radius 2 is 2.00 bits per heavy atom. The molecule has 0 spiro atoms. The molecule has 0 bridgehead atoms. The molecule has 0 atom stereocenters. The molecule has 30 heavy (non-hydrogen) atoms. The number of allylic oxidation sites excluding steroid dienone is 1. The lowest BCUT2D eigenvalue weighted by atomic mass is 10.0. The van der Waals surface area contributed by atoms with Gasteiger partial charge in [-0.25, -0.2) is 4.39 Å². The van der Waals surface area contributed by atoms with Crippen molar-refractivity contribution in [1.82, 2.24) is 9.47 Å². The third kappa shape index (κ3) is 3.78. The summed E-state index contributed by atoms with van der Waals surface area (Å²) in [5, 5.41) is 2.71. The number of anilines is 1. The van der Waals surface area contributed by atoms with Crippen LogP contribution in [0.1, 0.15) is 17.5 Å². The minimum absolute atomic E-state index is 0.260. The highest BCUT2D eigenvalue weighted by molar-refractivity contribution is 6.32. The average Bonchev–Trinajstić information content (AvgIpc) is 3.46. The highest BCUT2D eigenvalue weighted by atomic mass is 19.1. The predicted octanol–water partition coefficient (Wildman–Crippen LogP) is 3.13. The molecule has 7 heteroatoms. The largest absolute Gasteiger partial charge is 0.488 e. The van der Waals surface area contributed by atoms with E-state index < -0.39 is 0 Å². The summed E-state index contributed by atoms with van der Waals surface area (Å²) < 4.78 is 26.9. The predicted molar refractivity (Wildman–Crippen MR) is 112 cm³/mol. The van der Waals surface area contributed by atoms with Crippen molar-refractivity contribution < 1.29 is 18.7 Å². The molecule has 3 aliphatic heterocycles. The molecule has 4 heterocycles. The molecular formula is C23H24FN3O3. The smallest absolute Gasteiger partial charge is 0.260 e. The number of nitrogens with one attached hydrogen (secondary N) is 1. The first-order valence-corrected chi connectivity index (χ1v) is 10.3. The lowest BCUT2D eigenvalue weighted by Gasteiger charge is -2.26. The fourth-order valence-electron chi connectivity index (χ4n) is 4.17. The van der Waals surface area contributed by atoms with Crippen LogP contribution in [0.5, 0.6) is 0 Å². The van der Waals surface area contributed by atoms with Crippen LogP contribution in [-0.2, 0) is 20.8 Å². The van der Waals surface area contributed by atoms with Crippen LogP contribution in [0.2, 0.25) is 0 Å². The number of benzene rings is 1. The summed E-state index contributed by atoms with van der Waals surface area (Å²) >= 11 is 0. The maximum absolute atomic E-state index is 13.5. The number of carbonyl (C=O) groups excluding carboxylic acids is 1. The molecular weight excluding hydrogens is 385 g/mol. The molecule has 0 aliphatic carbocycles. The molecule has 156 valence electrons. The van der Waals surface area contributed by atoms with Gasteiger partial charge >= 0.3 is 0 Å². The van der Waals surface area contributed by atoms with Gasteiger partial charge in [-0.2, -0.15) is 0 Å². The van der Waals surface area contributed by atoms with Gasteiger partial charge < -0.3 is 19.4 Å². The molecule has 0 saturated carbocycles. The van der Waals surface area contributed by atoms with Gasteiger partial charge in [0, 0.05) is 49.7 Å². The molecule has 1 aromatic heterocycles. The number of hydrogen-bond donors (Lipinski definition) is 1. The Morgan fingerprint density at radius 1 is 1.13 bits per heavy atom. The Morgan fingerprint density at radius 3 is 2.87 bits per heavy atom. The van der Waals surface area contributed by atoms with E-state index in [2.05, 4.69) is 33.2 Å². The minimum Gasteiger partial charge on any atom is -0.488 e. The Balaban J connectivity index is 1.28. The Bertz CT molecular complexity index is 1030. The van der Waals surface area contributed by atoms with Crippen molar-refractivity contribution in [3.63, 3.8) is 0 Å². The summed E-state index contributed by atoms with van der Waals surface area (Å²) in [4.78, 5) is 14.8. The van der Waals surface area contributed by atoms with Crippen molar-refractivity contribution in [2.75, 3.05) is 44.8 Å². The zero-order chi connectivity index (χ0) is 20.5. The number of halogens is 1. The van der Waals surface area contributed by atoms with Gasteiger partial charge in [-0.05, 0) is 42.3 Å². The molecule has 1 fully saturated rings. The molecule has 1 N–H and O–H groups in total. The van der Waals surface area contributed by atoms with Crippen LogP contribution in [0.4, 0.5) is 10.1 Å². The van der Waals surface area contributed by atoms with Gasteiger partial charge in [0.2, 0.25) is 0 Å². The van der Waals surface area contributed by atoms with Gasteiger partial charge in [0.15, 0.2) is 0 Å². The Kier molecular flexibility index (Phi) is 5.14. The van der Waals surface area contributed by atoms with Crippen molar-refractivity contribution in [1.29, 1.82) is 0 Å². The van der Waals surface area contributed by atoms with Gasteiger partial charge in [0.25, 0.3) is 5.91 Å². The molecule has 0 unspecified atom stereocenters. The van der Waals surface area contributed by atoms with Crippen molar-refractivity contribution in [3.05, 3.63) is 65.4 Å². The van der Waals surface area contributed by atoms with E-state index >= 15 is 0 Å². The lowest BCUT2D eigenvalue weighted by molar-refractivity contribution is -0.110. The van der Waals surface area contributed by atoms with Gasteiger partial charge in [-0.1, -0.05) is 0 Å². The number of morpholine rings is 1. The number of ether oxygens (including phenoxy) is 2. The van der Waals surface area contributed by atoms with Crippen LogP contribution < -0.4 is 5.32 Å². The number of carbonyl (C=O) groups is 1. The summed E-state index contributed by atoms with van der Waals surface area (Å²) in [6.45, 7) is 6.15. The van der Waals surface area contributed by atoms with Crippen LogP contribution in [0, 0.1) is 5.82 Å². The topological polar surface area (TPSA) is 55.7 Å². The highest BCUT2D eigenvalue weighted by Gasteiger charge is 2.30. The second kappa shape index (κ2) is 8.08. The quantitative estimate of drug-likeness (QED) is 0.771. The summed E-state index contributed by atoms with van der Waals surface area (Å²) in [5.74, 6) is -0.101. The SMILES string of the molecule is O=C1Nc2cc(F)ccc2C1=C1C=C(c2ccn(CCCN3CCOCC3)c2)CO1. The fourth-order valence-corrected chi connectivity index (χ4v) is 4.17. The van der Waals surface area contributed by atoms with E-state index in [4.69, 9.17) is 9.47 Å². The fraction of sp³-hybridized carbons (Fsp3) is 0.348. The summed E-state index contributed by atoms with van der Waals surface area (Å²) in [7, 11) is 0. The molecule has 2 aromatic rings. The molecule has 3 aliphatic rings. The second-order valence-corrected chi connectivity index (χ2v) is 7.79. The van der Waals surface area contributed by atoms with E-state index in [1.807, 2.05) is 6.08 Å². The van der Waals surface area contributed by atoms with Crippen molar-refractivity contribution in [2.24, 2.45) is 0 Å². The summed E-state index contributed by atoms with van der Waals surface area (Å²) in [5.41, 5.74) is 3.75. The first kappa shape index (κ1) is 19.1. The maximum atomic E-state index is 13.5. The van der Waals surface area contributed by atoms with Gasteiger partial charge in [-0.15, -0.1) is 0 Å². The standard InChI is InChI=1S/C23H24FN3O3/c24-18-2-3-19-20(13-18)25-23(28)22(19)21-12-17(15-30-21)16-4-7-27(14-16)6-1-5-26-8-10-29-11-9-26/h2-4,7,12-14H,1,5-6,8-11,15H2,(H,25,28). The van der Waals surface area contributed by atoms with Crippen LogP contribution in [-0.4, -0.2) is 54.8 Å². The van der Waals surface area contributed by atoms with Gasteiger partial charge in [0.1, 0.15) is 18.2 Å². The monoisotopic (exact) mass is 409 g/mol. The van der Waals surface area contributed by atoms with Gasteiger partial charge in [0.05, 0.1) is 24.5 Å². The van der Waals surface area contributed by atoms with Gasteiger partial charge in [-0.3, -0.25) is 9.69 Å². The molecule has 1 amide bonds. The maximum Gasteiger partial charge on any atom is 0.260 e. The molecule has 1 saturated heterocycles. The second-order valence-electron chi connectivity index (χ2n) is 7.79. The number of fused-ring (bicyclic) bond motifs is 1. The number of aryl methyl sites for hydroxylation is 1. The van der Waals surface area contributed by atoms with E-state index in [0.29, 0.717) is 29.2 Å². The normalized spacial score (nSPS) is 21.4. The van der Waals surface area contributed by atoms with Crippen LogP contribution in [0.15, 0.2) is 48.5 Å². The first-order valence-electron chi connectivity index (χ1n) is 10.3. The third-order valence-corrected chi connectivity index (χ3v) is 5.78. The van der Waals surface area contributed by atoms with Crippen molar-refractivity contribution >= 4 is 22.7 Å². The average molecular weight is 409 g/mol. The first-order chi connectivity index (χ1) is 14.7. The number of amides is 1. The Labute approximate surface area is 174 Å². The van der Waals surface area contributed by atoms with E-state index in [1.165, 1.54) is 12.1 Å². The number of rotatable bonds is 5. The molecule has 1 aromatic carbocycles. The zero-order valence-electron chi connectivity index (χ0n) is 16.7. The highest BCUT2D eigenvalue weighted by Crippen LogP contribution is 2.38. The zero-order valence-corrected chi connectivity index (χ0v) is 16.7. The third-order valence-electron chi connectivity index (χ3n) is 5.78. The van der Waals surface area contributed by atoms with E-state index in [9.17, 15) is 9.18 Å². The number of nitrogens with zero attached hydrogens (tertiary/aromatic N) is 2. The summed E-state index contributed by atoms with van der Waals surface area (Å²) in [6.07, 6.45) is 7.22. The summed E-state index contributed by atoms with van der Waals surface area (Å²) in [6, 6.07) is 6.38. The number of aromatic nitrogens is 1. The van der Waals surface area contributed by atoms with Crippen molar-refractivity contribution in [2.45, 2.75) is 13.0 Å². The van der Waals surface area contributed by atoms with Crippen molar-refractivity contribution in [3.8, 4) is 0 Å². The molecule has 5 rings (SSSR count). The minimum atomic E-state index is -0.376. The number of hydrogen-bond acceptors (Lipinski definition) is 4.